The third kappa shape index (κ3) is 1.69. The third-order valence-corrected chi connectivity index (χ3v) is 6.28. The van der Waals surface area contributed by atoms with Gasteiger partial charge in [-0.3, -0.25) is 4.79 Å². The summed E-state index contributed by atoms with van der Waals surface area (Å²) in [6, 6.07) is 0. The Morgan fingerprint density at radius 3 is 2.27 bits per heavy atom. The van der Waals surface area contributed by atoms with Crippen molar-refractivity contribution in [3.05, 3.63) is 0 Å². The highest BCUT2D eigenvalue weighted by Gasteiger charge is 2.48. The van der Waals surface area contributed by atoms with E-state index in [9.17, 15) is 13.2 Å². The number of Topliss-reactive ketones (excluding diaryl/α,β-unsaturated/α-hetero) is 1. The average molecular weight is 226 g/mol. The molecule has 0 aromatic heterocycles. The van der Waals surface area contributed by atoms with Crippen molar-refractivity contribution in [1.82, 2.24) is 0 Å². The lowest BCUT2D eigenvalue weighted by molar-refractivity contribution is -0.122. The predicted molar refractivity (Wildman–Crippen MR) is 56.9 cm³/mol. The monoisotopic (exact) mass is 226 g/mol. The maximum absolute atomic E-state index is 11.7. The van der Waals surface area contributed by atoms with Gasteiger partial charge in [-0.2, -0.15) is 0 Å². The minimum absolute atomic E-state index is 0.0456. The van der Waals surface area contributed by atoms with E-state index in [0.29, 0.717) is 12.8 Å². The van der Waals surface area contributed by atoms with Crippen LogP contribution in [0.5, 0.6) is 0 Å². The number of terminal acetylenes is 1. The van der Waals surface area contributed by atoms with E-state index in [-0.39, 0.29) is 28.6 Å². The highest BCUT2D eigenvalue weighted by Crippen LogP contribution is 2.41. The summed E-state index contributed by atoms with van der Waals surface area (Å²) in [4.78, 5) is 11.6. The van der Waals surface area contributed by atoms with Gasteiger partial charge in [-0.25, -0.2) is 8.42 Å². The highest BCUT2D eigenvalue weighted by atomic mass is 32.2. The third-order valence-electron chi connectivity index (χ3n) is 3.57. The quantitative estimate of drug-likeness (QED) is 0.658. The molecule has 2 saturated heterocycles. The molecule has 2 aliphatic heterocycles. The number of hydrogen-bond donors (Lipinski definition) is 0. The molecule has 15 heavy (non-hydrogen) atoms. The van der Waals surface area contributed by atoms with Crippen molar-refractivity contribution in [2.75, 3.05) is 0 Å². The molecule has 2 atom stereocenters. The molecule has 2 unspecified atom stereocenters. The Hall–Kier alpha value is -0.820. The summed E-state index contributed by atoms with van der Waals surface area (Å²) in [6.07, 6.45) is 7.68. The van der Waals surface area contributed by atoms with E-state index in [1.54, 1.807) is 0 Å². The molecule has 0 aromatic rings. The van der Waals surface area contributed by atoms with E-state index < -0.39 is 9.84 Å². The summed E-state index contributed by atoms with van der Waals surface area (Å²) >= 11 is 0. The van der Waals surface area contributed by atoms with Crippen LogP contribution in [0.1, 0.15) is 32.1 Å². The summed E-state index contributed by atoms with van der Waals surface area (Å²) in [5.74, 6) is 2.27. The van der Waals surface area contributed by atoms with Crippen LogP contribution in [0.2, 0.25) is 0 Å². The van der Waals surface area contributed by atoms with Crippen LogP contribution in [0.3, 0.4) is 0 Å². The fourth-order valence-electron chi connectivity index (χ4n) is 2.72. The molecule has 0 aromatic carbocycles. The minimum Gasteiger partial charge on any atom is -0.298 e. The first kappa shape index (κ1) is 10.7. The van der Waals surface area contributed by atoms with Crippen molar-refractivity contribution in [3.8, 4) is 12.3 Å². The second-order valence-corrected chi connectivity index (χ2v) is 6.94. The Balaban J connectivity index is 2.13. The lowest BCUT2D eigenvalue weighted by Crippen LogP contribution is -2.35. The van der Waals surface area contributed by atoms with E-state index in [2.05, 4.69) is 5.92 Å². The fourth-order valence-corrected chi connectivity index (χ4v) is 5.19. The van der Waals surface area contributed by atoms with Gasteiger partial charge >= 0.3 is 0 Å². The molecule has 3 nitrogen and oxygen atoms in total. The first-order valence-electron chi connectivity index (χ1n) is 5.24. The Morgan fingerprint density at radius 1 is 1.27 bits per heavy atom. The van der Waals surface area contributed by atoms with Gasteiger partial charge in [0, 0.05) is 5.92 Å². The van der Waals surface area contributed by atoms with Crippen molar-refractivity contribution in [2.24, 2.45) is 5.92 Å². The van der Waals surface area contributed by atoms with Gasteiger partial charge in [0.05, 0.1) is 16.9 Å². The van der Waals surface area contributed by atoms with Crippen LogP contribution in [0.4, 0.5) is 0 Å². The van der Waals surface area contributed by atoms with Crippen molar-refractivity contribution in [2.45, 2.75) is 42.6 Å². The Kier molecular flexibility index (Phi) is 2.59. The van der Waals surface area contributed by atoms with Gasteiger partial charge in [0.1, 0.15) is 5.78 Å². The number of sulfone groups is 1. The van der Waals surface area contributed by atoms with Crippen LogP contribution in [0.15, 0.2) is 0 Å². The van der Waals surface area contributed by atoms with Gasteiger partial charge in [0.2, 0.25) is 0 Å². The fraction of sp³-hybridized carbons (Fsp3) is 0.727. The number of carbonyl (C=O) groups is 1. The molecule has 2 aliphatic rings. The van der Waals surface area contributed by atoms with Crippen molar-refractivity contribution in [1.29, 1.82) is 0 Å². The van der Waals surface area contributed by atoms with E-state index >= 15 is 0 Å². The van der Waals surface area contributed by atoms with Crippen LogP contribution in [-0.4, -0.2) is 24.7 Å². The molecular weight excluding hydrogens is 212 g/mol. The summed E-state index contributed by atoms with van der Waals surface area (Å²) in [7, 11) is -2.91. The molecule has 2 fully saturated rings. The van der Waals surface area contributed by atoms with Gasteiger partial charge in [0.25, 0.3) is 0 Å². The van der Waals surface area contributed by atoms with Crippen LogP contribution < -0.4 is 0 Å². The van der Waals surface area contributed by atoms with Crippen LogP contribution in [-0.2, 0) is 14.6 Å². The molecule has 2 heterocycles. The normalized spacial score (nSPS) is 37.1. The molecule has 0 radical (unpaired) electrons. The summed E-state index contributed by atoms with van der Waals surface area (Å²) in [5, 5.41) is -0.550. The minimum atomic E-state index is -2.91. The molecule has 82 valence electrons. The first-order chi connectivity index (χ1) is 7.05. The number of carbonyl (C=O) groups excluding carboxylic acids is 1. The molecule has 0 saturated carbocycles. The van der Waals surface area contributed by atoms with E-state index in [4.69, 9.17) is 6.42 Å². The van der Waals surface area contributed by atoms with Crippen molar-refractivity contribution >= 4 is 15.6 Å². The lowest BCUT2D eigenvalue weighted by Gasteiger charge is -2.26. The molecule has 4 heteroatoms. The maximum Gasteiger partial charge on any atom is 0.156 e. The molecular formula is C11H14O3S. The van der Waals surface area contributed by atoms with E-state index in [1.807, 2.05) is 0 Å². The summed E-state index contributed by atoms with van der Waals surface area (Å²) in [6.45, 7) is 0. The van der Waals surface area contributed by atoms with E-state index in [1.165, 1.54) is 0 Å². The van der Waals surface area contributed by atoms with Crippen molar-refractivity contribution < 1.29 is 13.2 Å². The number of ketones is 1. The number of fused-ring (bicyclic) bond motifs is 2. The van der Waals surface area contributed by atoms with Gasteiger partial charge in [-0.15, -0.1) is 6.42 Å². The smallest absolute Gasteiger partial charge is 0.156 e. The standard InChI is InChI=1S/C11H14O3S/c1-2-3-11(12)8-6-9-4-5-10(7-8)15(9,13)14/h1,8-10H,3-7H2. The van der Waals surface area contributed by atoms with Gasteiger partial charge in [-0.05, 0) is 25.7 Å². The number of hydrogen-bond acceptors (Lipinski definition) is 3. The van der Waals surface area contributed by atoms with Crippen LogP contribution in [0, 0.1) is 18.3 Å². The highest BCUT2D eigenvalue weighted by molar-refractivity contribution is 7.93. The Bertz CT molecular complexity index is 396. The zero-order chi connectivity index (χ0) is 11.1. The summed E-state index contributed by atoms with van der Waals surface area (Å²) < 4.78 is 23.5. The lowest BCUT2D eigenvalue weighted by atomic mass is 9.93. The largest absolute Gasteiger partial charge is 0.298 e. The Labute approximate surface area is 90.2 Å². The van der Waals surface area contributed by atoms with Gasteiger partial charge in [0.15, 0.2) is 9.84 Å². The van der Waals surface area contributed by atoms with Gasteiger partial charge < -0.3 is 0 Å². The Morgan fingerprint density at radius 2 is 1.80 bits per heavy atom. The molecule has 2 bridgehead atoms. The molecule has 0 N–H and O–H groups in total. The van der Waals surface area contributed by atoms with Crippen LogP contribution >= 0.6 is 0 Å². The average Bonchev–Trinajstić information content (AvgIpc) is 2.42. The second-order valence-electron chi connectivity index (χ2n) is 4.43. The molecule has 2 rings (SSSR count). The number of rotatable bonds is 2. The van der Waals surface area contributed by atoms with E-state index in [0.717, 1.165) is 12.8 Å². The summed E-state index contributed by atoms with van der Waals surface area (Å²) in [5.41, 5.74) is 0. The first-order valence-corrected chi connectivity index (χ1v) is 6.85. The van der Waals surface area contributed by atoms with Crippen molar-refractivity contribution in [3.63, 3.8) is 0 Å². The maximum atomic E-state index is 11.7. The second kappa shape index (κ2) is 3.64. The predicted octanol–water partition coefficient (Wildman–Crippen LogP) is 0.935. The zero-order valence-corrected chi connectivity index (χ0v) is 9.29. The molecule has 0 aliphatic carbocycles. The van der Waals surface area contributed by atoms with Crippen LogP contribution in [0.25, 0.3) is 0 Å². The van der Waals surface area contributed by atoms with Gasteiger partial charge in [-0.1, -0.05) is 5.92 Å². The molecule has 0 spiro atoms. The SMILES string of the molecule is C#CCC(=O)C1CC2CCC(C1)S2(=O)=O. The topological polar surface area (TPSA) is 51.2 Å². The molecule has 0 amide bonds. The zero-order valence-electron chi connectivity index (χ0n) is 8.48.